The van der Waals surface area contributed by atoms with Crippen molar-refractivity contribution in [2.24, 2.45) is 0 Å². The first-order valence-corrected chi connectivity index (χ1v) is 11.0. The smallest absolute Gasteiger partial charge is 0.207 e. The van der Waals surface area contributed by atoms with Crippen LogP contribution in [0.4, 0.5) is 11.5 Å². The predicted octanol–water partition coefficient (Wildman–Crippen LogP) is 4.85. The topological polar surface area (TPSA) is 41.5 Å². The zero-order chi connectivity index (χ0) is 21.8. The van der Waals surface area contributed by atoms with Crippen molar-refractivity contribution in [3.63, 3.8) is 0 Å². The lowest BCUT2D eigenvalue weighted by Gasteiger charge is -2.34. The van der Waals surface area contributed by atoms with Crippen molar-refractivity contribution in [1.29, 1.82) is 0 Å². The number of ether oxygens (including phenoxy) is 1. The molecule has 0 amide bonds. The minimum atomic E-state index is 0.448. The third kappa shape index (κ3) is 4.29. The highest BCUT2D eigenvalue weighted by molar-refractivity contribution is 5.92. The maximum atomic E-state index is 5.67. The highest BCUT2D eigenvalue weighted by atomic mass is 16.5. The molecule has 0 aliphatic carbocycles. The maximum absolute atomic E-state index is 5.67. The number of nitrogens with zero attached hydrogens (tertiary/aromatic N) is 4. The Morgan fingerprint density at radius 1 is 1.16 bits per heavy atom. The Hall–Kier alpha value is -3.26. The molecule has 1 aliphatic rings. The molecule has 160 valence electrons. The fourth-order valence-corrected chi connectivity index (χ4v) is 4.51. The number of anilines is 2. The van der Waals surface area contributed by atoms with Crippen LogP contribution in [-0.4, -0.2) is 43.8 Å². The van der Waals surface area contributed by atoms with E-state index in [2.05, 4.69) is 65.0 Å². The number of benzene rings is 2. The van der Waals surface area contributed by atoms with Gasteiger partial charge >= 0.3 is 0 Å². The van der Waals surface area contributed by atoms with E-state index in [4.69, 9.17) is 16.1 Å². The first-order chi connectivity index (χ1) is 15.1. The average molecular weight is 415 g/mol. The lowest BCUT2D eigenvalue weighted by atomic mass is 9.88. The summed E-state index contributed by atoms with van der Waals surface area (Å²) in [6, 6.07) is 14.7. The highest BCUT2D eigenvalue weighted by Crippen LogP contribution is 2.36. The minimum absolute atomic E-state index is 0.448. The van der Waals surface area contributed by atoms with E-state index in [9.17, 15) is 0 Å². The Bertz CT molecular complexity index is 1100. The molecule has 0 atom stereocenters. The van der Waals surface area contributed by atoms with E-state index in [-0.39, 0.29) is 0 Å². The number of aromatic nitrogens is 2. The number of piperidine rings is 1. The van der Waals surface area contributed by atoms with Gasteiger partial charge in [0.1, 0.15) is 11.6 Å². The van der Waals surface area contributed by atoms with Gasteiger partial charge in [0.2, 0.25) is 5.82 Å². The molecule has 31 heavy (non-hydrogen) atoms. The van der Waals surface area contributed by atoms with Gasteiger partial charge in [0.25, 0.3) is 0 Å². The molecule has 0 spiro atoms. The lowest BCUT2D eigenvalue weighted by Crippen LogP contribution is -2.34. The fourth-order valence-electron chi connectivity index (χ4n) is 4.51. The van der Waals surface area contributed by atoms with E-state index in [1.54, 1.807) is 7.11 Å². The van der Waals surface area contributed by atoms with Crippen LogP contribution in [0.5, 0.6) is 5.75 Å². The molecule has 0 radical (unpaired) electrons. The molecule has 2 heterocycles. The third-order valence-corrected chi connectivity index (χ3v) is 6.16. The number of hydrogen-bond donors (Lipinski definition) is 0. The second-order valence-electron chi connectivity index (χ2n) is 8.14. The average Bonchev–Trinajstić information content (AvgIpc) is 2.83. The molecule has 1 aromatic heterocycles. The number of rotatable bonds is 6. The molecule has 1 aliphatic heterocycles. The summed E-state index contributed by atoms with van der Waals surface area (Å²) in [6.07, 6.45) is 8.87. The van der Waals surface area contributed by atoms with Gasteiger partial charge in [-0.2, -0.15) is 0 Å². The van der Waals surface area contributed by atoms with Crippen molar-refractivity contribution in [2.45, 2.75) is 32.1 Å². The van der Waals surface area contributed by atoms with Crippen LogP contribution in [0.1, 0.15) is 43.5 Å². The summed E-state index contributed by atoms with van der Waals surface area (Å²) in [6.45, 7) is 5.05. The summed E-state index contributed by atoms with van der Waals surface area (Å²) in [5.74, 6) is 5.49. The lowest BCUT2D eigenvalue weighted by molar-refractivity contribution is 0.397. The Kier molecular flexibility index (Phi) is 6.27. The Morgan fingerprint density at radius 2 is 1.94 bits per heavy atom. The van der Waals surface area contributed by atoms with Gasteiger partial charge in [-0.3, -0.25) is 0 Å². The molecule has 1 saturated heterocycles. The monoisotopic (exact) mass is 414 g/mol. The van der Waals surface area contributed by atoms with Crippen molar-refractivity contribution in [3.05, 3.63) is 53.9 Å². The van der Waals surface area contributed by atoms with Crippen LogP contribution in [0, 0.1) is 12.3 Å². The van der Waals surface area contributed by atoms with Crippen LogP contribution < -0.4 is 14.5 Å². The third-order valence-electron chi connectivity index (χ3n) is 6.16. The molecule has 0 N–H and O–H groups in total. The summed E-state index contributed by atoms with van der Waals surface area (Å²) in [4.78, 5) is 14.0. The zero-order valence-corrected chi connectivity index (χ0v) is 18.6. The summed E-state index contributed by atoms with van der Waals surface area (Å²) >= 11 is 0. The molecular formula is C26H30N4O. The van der Waals surface area contributed by atoms with Crippen molar-refractivity contribution in [1.82, 2.24) is 9.97 Å². The SMILES string of the molecule is C#Cc1nc(N2CCC(c3ccccc3OC)CC2)c2cc(N(C)CCC)ccc2n1. The summed E-state index contributed by atoms with van der Waals surface area (Å²) < 4.78 is 5.59. The second-order valence-corrected chi connectivity index (χ2v) is 8.14. The van der Waals surface area contributed by atoms with E-state index >= 15 is 0 Å². The molecule has 3 aromatic rings. The molecule has 0 bridgehead atoms. The van der Waals surface area contributed by atoms with Crippen LogP contribution in [0.3, 0.4) is 0 Å². The number of hydrogen-bond acceptors (Lipinski definition) is 5. The van der Waals surface area contributed by atoms with Crippen molar-refractivity contribution >= 4 is 22.4 Å². The Morgan fingerprint density at radius 3 is 2.65 bits per heavy atom. The van der Waals surface area contributed by atoms with Crippen LogP contribution in [0.25, 0.3) is 10.9 Å². The highest BCUT2D eigenvalue weighted by Gasteiger charge is 2.25. The van der Waals surface area contributed by atoms with E-state index in [1.165, 1.54) is 11.3 Å². The number of terminal acetylenes is 1. The molecular weight excluding hydrogens is 384 g/mol. The van der Waals surface area contributed by atoms with Gasteiger partial charge in [0, 0.05) is 37.8 Å². The molecule has 4 rings (SSSR count). The molecule has 2 aromatic carbocycles. The Balaban J connectivity index is 1.64. The molecule has 5 nitrogen and oxygen atoms in total. The first-order valence-electron chi connectivity index (χ1n) is 11.0. The Labute approximate surface area is 185 Å². The number of methoxy groups -OCH3 is 1. The van der Waals surface area contributed by atoms with Crippen molar-refractivity contribution in [2.75, 3.05) is 43.6 Å². The van der Waals surface area contributed by atoms with E-state index in [0.29, 0.717) is 11.7 Å². The fraction of sp³-hybridized carbons (Fsp3) is 0.385. The molecule has 1 fully saturated rings. The van der Waals surface area contributed by atoms with Gasteiger partial charge < -0.3 is 14.5 Å². The quantitative estimate of drug-likeness (QED) is 0.540. The van der Waals surface area contributed by atoms with Gasteiger partial charge in [-0.15, -0.1) is 6.42 Å². The van der Waals surface area contributed by atoms with E-state index < -0.39 is 0 Å². The maximum Gasteiger partial charge on any atom is 0.207 e. The van der Waals surface area contributed by atoms with Crippen LogP contribution in [-0.2, 0) is 0 Å². The second kappa shape index (κ2) is 9.26. The largest absolute Gasteiger partial charge is 0.496 e. The van der Waals surface area contributed by atoms with Gasteiger partial charge in [-0.1, -0.05) is 25.1 Å². The minimum Gasteiger partial charge on any atom is -0.496 e. The summed E-state index contributed by atoms with van der Waals surface area (Å²) in [5, 5.41) is 1.06. The normalized spacial score (nSPS) is 14.5. The molecule has 5 heteroatoms. The summed E-state index contributed by atoms with van der Waals surface area (Å²) in [7, 11) is 3.87. The van der Waals surface area contributed by atoms with E-state index in [1.807, 2.05) is 12.1 Å². The van der Waals surface area contributed by atoms with Gasteiger partial charge in [-0.05, 0) is 60.9 Å². The van der Waals surface area contributed by atoms with E-state index in [0.717, 1.165) is 61.4 Å². The number of fused-ring (bicyclic) bond motifs is 1. The van der Waals surface area contributed by atoms with Gasteiger partial charge in [-0.25, -0.2) is 9.97 Å². The molecule has 0 unspecified atom stereocenters. The standard InChI is InChI=1S/C26H30N4O/c1-5-15-29(3)20-11-12-23-22(18-20)26(28-25(6-2)27-23)30-16-13-19(14-17-30)21-9-7-8-10-24(21)31-4/h2,7-12,18-19H,5,13-17H2,1,3-4H3. The zero-order valence-electron chi connectivity index (χ0n) is 18.6. The molecule has 0 saturated carbocycles. The van der Waals surface area contributed by atoms with Crippen LogP contribution in [0.15, 0.2) is 42.5 Å². The van der Waals surface area contributed by atoms with Crippen LogP contribution >= 0.6 is 0 Å². The first kappa shape index (κ1) is 21.0. The van der Waals surface area contributed by atoms with Gasteiger partial charge in [0.15, 0.2) is 0 Å². The van der Waals surface area contributed by atoms with Crippen LogP contribution in [0.2, 0.25) is 0 Å². The van der Waals surface area contributed by atoms with Crippen molar-refractivity contribution in [3.8, 4) is 18.1 Å². The predicted molar refractivity (Wildman–Crippen MR) is 128 cm³/mol. The number of para-hydroxylation sites is 1. The van der Waals surface area contributed by atoms with Crippen molar-refractivity contribution < 1.29 is 4.74 Å². The van der Waals surface area contributed by atoms with Gasteiger partial charge in [0.05, 0.1) is 12.6 Å². The summed E-state index contributed by atoms with van der Waals surface area (Å²) in [5.41, 5.74) is 3.38.